The van der Waals surface area contributed by atoms with Gasteiger partial charge in [-0.05, 0) is 38.0 Å². The maximum Gasteiger partial charge on any atom is 0.242 e. The van der Waals surface area contributed by atoms with Crippen LogP contribution in [0.4, 0.5) is 0 Å². The van der Waals surface area contributed by atoms with Crippen LogP contribution in [0.5, 0.6) is 0 Å². The Labute approximate surface area is 168 Å². The van der Waals surface area contributed by atoms with Crippen molar-refractivity contribution in [3.63, 3.8) is 0 Å². The molecule has 0 aliphatic heterocycles. The smallest absolute Gasteiger partial charge is 0.242 e. The van der Waals surface area contributed by atoms with E-state index >= 15 is 0 Å². The molecule has 0 spiro atoms. The molecular weight excluding hydrogens is 352 g/mol. The third-order valence-electron chi connectivity index (χ3n) is 4.74. The maximum atomic E-state index is 13.1. The summed E-state index contributed by atoms with van der Waals surface area (Å²) in [5, 5.41) is 0. The Bertz CT molecular complexity index is 711. The van der Waals surface area contributed by atoms with Crippen LogP contribution in [0.1, 0.15) is 57.8 Å². The molecule has 2 amide bonds. The predicted octanol–water partition coefficient (Wildman–Crippen LogP) is 4.63. The molecule has 5 nitrogen and oxygen atoms in total. The van der Waals surface area contributed by atoms with Gasteiger partial charge >= 0.3 is 0 Å². The summed E-state index contributed by atoms with van der Waals surface area (Å²) in [6, 6.07) is 13.5. The first-order chi connectivity index (χ1) is 13.5. The lowest BCUT2D eigenvalue weighted by atomic mass is 10.1. The summed E-state index contributed by atoms with van der Waals surface area (Å²) < 4.78 is 5.44. The zero-order chi connectivity index (χ0) is 20.4. The number of hydrogen-bond donors (Lipinski definition) is 0. The van der Waals surface area contributed by atoms with Gasteiger partial charge in [-0.15, -0.1) is 0 Å². The zero-order valence-corrected chi connectivity index (χ0v) is 17.3. The molecular formula is C23H32N2O3. The number of rotatable bonds is 11. The zero-order valence-electron chi connectivity index (χ0n) is 17.3. The second-order valence-corrected chi connectivity index (χ2v) is 7.39. The summed E-state index contributed by atoms with van der Waals surface area (Å²) >= 11 is 0. The molecule has 0 fully saturated rings. The molecule has 28 heavy (non-hydrogen) atoms. The predicted molar refractivity (Wildman–Crippen MR) is 110 cm³/mol. The van der Waals surface area contributed by atoms with Crippen LogP contribution >= 0.6 is 0 Å². The average Bonchev–Trinajstić information content (AvgIpc) is 3.19. The first-order valence-corrected chi connectivity index (χ1v) is 10.1. The Hall–Kier alpha value is -2.56. The average molecular weight is 385 g/mol. The first-order valence-electron chi connectivity index (χ1n) is 10.1. The van der Waals surface area contributed by atoms with Gasteiger partial charge in [-0.2, -0.15) is 0 Å². The molecule has 0 saturated carbocycles. The van der Waals surface area contributed by atoms with E-state index in [1.807, 2.05) is 56.3 Å². The van der Waals surface area contributed by atoms with Gasteiger partial charge in [0.05, 0.1) is 19.4 Å². The van der Waals surface area contributed by atoms with Gasteiger partial charge in [-0.1, -0.05) is 50.1 Å². The molecule has 152 valence electrons. The van der Waals surface area contributed by atoms with Crippen LogP contribution in [-0.2, 0) is 22.7 Å². The van der Waals surface area contributed by atoms with E-state index in [-0.39, 0.29) is 24.4 Å². The molecule has 0 aliphatic carbocycles. The summed E-state index contributed by atoms with van der Waals surface area (Å²) in [6.07, 6.45) is 5.08. The number of nitrogens with zero attached hydrogens (tertiary/aromatic N) is 2. The molecule has 1 heterocycles. The molecule has 0 N–H and O–H groups in total. The number of carbonyl (C=O) groups excluding carboxylic acids is 2. The molecule has 5 heteroatoms. The largest absolute Gasteiger partial charge is 0.467 e. The monoisotopic (exact) mass is 384 g/mol. The lowest BCUT2D eigenvalue weighted by Gasteiger charge is -2.30. The Morgan fingerprint density at radius 2 is 1.71 bits per heavy atom. The van der Waals surface area contributed by atoms with Crippen molar-refractivity contribution in [1.29, 1.82) is 0 Å². The Morgan fingerprint density at radius 3 is 2.32 bits per heavy atom. The highest BCUT2D eigenvalue weighted by molar-refractivity contribution is 5.85. The molecule has 0 atom stereocenters. The fraction of sp³-hybridized carbons (Fsp3) is 0.478. The molecule has 0 aliphatic rings. The van der Waals surface area contributed by atoms with Gasteiger partial charge in [0.2, 0.25) is 11.8 Å². The molecule has 2 rings (SSSR count). The van der Waals surface area contributed by atoms with E-state index in [9.17, 15) is 9.59 Å². The number of hydrogen-bond acceptors (Lipinski definition) is 3. The topological polar surface area (TPSA) is 53.8 Å². The highest BCUT2D eigenvalue weighted by Crippen LogP contribution is 2.13. The summed E-state index contributed by atoms with van der Waals surface area (Å²) in [7, 11) is 0. The van der Waals surface area contributed by atoms with Crippen molar-refractivity contribution in [2.45, 2.75) is 65.6 Å². The third kappa shape index (κ3) is 6.87. The Balaban J connectivity index is 2.09. The summed E-state index contributed by atoms with van der Waals surface area (Å²) in [4.78, 5) is 29.2. The molecule has 2 aromatic rings. The molecule has 0 saturated heterocycles. The third-order valence-corrected chi connectivity index (χ3v) is 4.74. The summed E-state index contributed by atoms with van der Waals surface area (Å²) in [6.45, 7) is 6.99. The normalized spacial score (nSPS) is 10.9. The van der Waals surface area contributed by atoms with Crippen molar-refractivity contribution in [2.24, 2.45) is 0 Å². The van der Waals surface area contributed by atoms with Crippen molar-refractivity contribution in [3.05, 3.63) is 60.1 Å². The lowest BCUT2D eigenvalue weighted by Crippen LogP contribution is -2.45. The van der Waals surface area contributed by atoms with Crippen LogP contribution in [0.2, 0.25) is 0 Å². The van der Waals surface area contributed by atoms with Crippen LogP contribution < -0.4 is 0 Å². The highest BCUT2D eigenvalue weighted by atomic mass is 16.3. The quantitative estimate of drug-likeness (QED) is 0.531. The van der Waals surface area contributed by atoms with Gasteiger partial charge < -0.3 is 14.2 Å². The highest BCUT2D eigenvalue weighted by Gasteiger charge is 2.24. The second kappa shape index (κ2) is 11.3. The lowest BCUT2D eigenvalue weighted by molar-refractivity contribution is -0.142. The van der Waals surface area contributed by atoms with E-state index in [2.05, 4.69) is 6.92 Å². The van der Waals surface area contributed by atoms with Gasteiger partial charge in [0, 0.05) is 19.0 Å². The molecule has 0 bridgehead atoms. The van der Waals surface area contributed by atoms with E-state index in [1.54, 1.807) is 16.1 Å². The number of unbranched alkanes of at least 4 members (excludes halogenated alkanes) is 2. The Morgan fingerprint density at radius 1 is 0.964 bits per heavy atom. The number of furan rings is 1. The van der Waals surface area contributed by atoms with Crippen molar-refractivity contribution >= 4 is 11.8 Å². The summed E-state index contributed by atoms with van der Waals surface area (Å²) in [5.74, 6) is 0.710. The molecule has 0 unspecified atom stereocenters. The van der Waals surface area contributed by atoms with Crippen molar-refractivity contribution in [2.75, 3.05) is 6.54 Å². The van der Waals surface area contributed by atoms with Crippen LogP contribution in [0.15, 0.2) is 53.1 Å². The van der Waals surface area contributed by atoms with Crippen LogP contribution in [0.25, 0.3) is 0 Å². The first kappa shape index (κ1) is 21.7. The number of carbonyl (C=O) groups is 2. The van der Waals surface area contributed by atoms with Gasteiger partial charge in [0.1, 0.15) is 5.76 Å². The Kier molecular flexibility index (Phi) is 8.79. The minimum Gasteiger partial charge on any atom is -0.467 e. The van der Waals surface area contributed by atoms with Gasteiger partial charge in [0.15, 0.2) is 0 Å². The van der Waals surface area contributed by atoms with Crippen molar-refractivity contribution < 1.29 is 14.0 Å². The fourth-order valence-electron chi connectivity index (χ4n) is 3.10. The van der Waals surface area contributed by atoms with E-state index in [0.717, 1.165) is 30.6 Å². The minimum atomic E-state index is -0.0715. The van der Waals surface area contributed by atoms with Crippen LogP contribution in [-0.4, -0.2) is 34.2 Å². The fourth-order valence-corrected chi connectivity index (χ4v) is 3.10. The molecule has 1 aromatic heterocycles. The van der Waals surface area contributed by atoms with Gasteiger partial charge in [0.25, 0.3) is 0 Å². The SMILES string of the molecule is CCCCCC(=O)N(CC(=O)N(Cc1ccccc1)Cc1ccco1)C(C)C. The van der Waals surface area contributed by atoms with Crippen LogP contribution in [0, 0.1) is 0 Å². The number of benzene rings is 1. The standard InChI is InChI=1S/C23H32N2O3/c1-4-5-7-14-22(26)25(19(2)3)18-23(27)24(17-21-13-10-15-28-21)16-20-11-8-6-9-12-20/h6,8-13,15,19H,4-5,7,14,16-18H2,1-3H3. The van der Waals surface area contributed by atoms with E-state index in [4.69, 9.17) is 4.42 Å². The van der Waals surface area contributed by atoms with E-state index in [0.29, 0.717) is 19.5 Å². The summed E-state index contributed by atoms with van der Waals surface area (Å²) in [5.41, 5.74) is 1.05. The van der Waals surface area contributed by atoms with E-state index in [1.165, 1.54) is 0 Å². The second-order valence-electron chi connectivity index (χ2n) is 7.39. The maximum absolute atomic E-state index is 13.1. The van der Waals surface area contributed by atoms with Crippen LogP contribution in [0.3, 0.4) is 0 Å². The molecule has 0 radical (unpaired) electrons. The van der Waals surface area contributed by atoms with Crippen molar-refractivity contribution in [3.8, 4) is 0 Å². The molecule has 1 aromatic carbocycles. The number of amides is 2. The van der Waals surface area contributed by atoms with E-state index < -0.39 is 0 Å². The van der Waals surface area contributed by atoms with Gasteiger partial charge in [-0.3, -0.25) is 9.59 Å². The minimum absolute atomic E-state index is 0.0136. The van der Waals surface area contributed by atoms with Gasteiger partial charge in [-0.25, -0.2) is 0 Å². The van der Waals surface area contributed by atoms with Crippen molar-refractivity contribution in [1.82, 2.24) is 9.80 Å².